The van der Waals surface area contributed by atoms with Crippen LogP contribution in [0.4, 0.5) is 0 Å². The average molecular weight is 471 g/mol. The molecule has 0 aromatic heterocycles. The van der Waals surface area contributed by atoms with Crippen molar-refractivity contribution in [2.45, 2.75) is 51.9 Å². The smallest absolute Gasteiger partial charge is 0.190 e. The number of halogens is 1. The maximum absolute atomic E-state index is 11.5. The van der Waals surface area contributed by atoms with Gasteiger partial charge in [-0.25, -0.2) is 8.42 Å². The van der Waals surface area contributed by atoms with Gasteiger partial charge in [-0.05, 0) is 37.5 Å². The zero-order valence-corrected chi connectivity index (χ0v) is 18.5. The maximum atomic E-state index is 11.5. The highest BCUT2D eigenvalue weighted by atomic mass is 127. The van der Waals surface area contributed by atoms with Gasteiger partial charge in [0.1, 0.15) is 9.84 Å². The van der Waals surface area contributed by atoms with Crippen LogP contribution in [0.5, 0.6) is 0 Å². The standard InChI is InChI=1S/C17H33N3O2S.HI/c1-14-5-4-6-15(11-14)7-10-19-16(18-2)20-12-17(8-9-17)13-23(3,21)22;/h14-15H,4-13H2,1-3H3,(H2,18,19,20);1H. The number of sulfone groups is 1. The molecular formula is C17H34IN3O2S. The minimum Gasteiger partial charge on any atom is -0.356 e. The van der Waals surface area contributed by atoms with Gasteiger partial charge in [0, 0.05) is 31.8 Å². The average Bonchev–Trinajstić information content (AvgIpc) is 3.20. The number of rotatable bonds is 7. The van der Waals surface area contributed by atoms with E-state index in [0.29, 0.717) is 6.54 Å². The SMILES string of the molecule is CN=C(NCCC1CCCC(C)C1)NCC1(CS(C)(=O)=O)CC1.I. The van der Waals surface area contributed by atoms with E-state index in [4.69, 9.17) is 0 Å². The van der Waals surface area contributed by atoms with E-state index in [-0.39, 0.29) is 35.1 Å². The second kappa shape index (κ2) is 9.59. The summed E-state index contributed by atoms with van der Waals surface area (Å²) in [5.41, 5.74) is -0.0655. The van der Waals surface area contributed by atoms with Crippen LogP contribution in [0.15, 0.2) is 4.99 Å². The third-order valence-corrected chi connectivity index (χ3v) is 6.41. The van der Waals surface area contributed by atoms with Crippen molar-refractivity contribution in [1.82, 2.24) is 10.6 Å². The molecule has 0 aromatic rings. The summed E-state index contributed by atoms with van der Waals surface area (Å²) in [6.45, 7) is 3.99. The van der Waals surface area contributed by atoms with Crippen LogP contribution in [-0.2, 0) is 9.84 Å². The molecule has 2 aliphatic carbocycles. The van der Waals surface area contributed by atoms with Crippen LogP contribution >= 0.6 is 24.0 Å². The minimum atomic E-state index is -2.91. The molecule has 0 heterocycles. The lowest BCUT2D eigenvalue weighted by Crippen LogP contribution is -2.42. The van der Waals surface area contributed by atoms with Crippen molar-refractivity contribution in [2.24, 2.45) is 22.2 Å². The van der Waals surface area contributed by atoms with Gasteiger partial charge >= 0.3 is 0 Å². The maximum Gasteiger partial charge on any atom is 0.190 e. The van der Waals surface area contributed by atoms with Gasteiger partial charge in [0.25, 0.3) is 0 Å². The van der Waals surface area contributed by atoms with Gasteiger partial charge in [-0.2, -0.15) is 0 Å². The van der Waals surface area contributed by atoms with Crippen LogP contribution < -0.4 is 10.6 Å². The zero-order chi connectivity index (χ0) is 16.9. The molecule has 0 radical (unpaired) electrons. The van der Waals surface area contributed by atoms with Gasteiger partial charge in [0.15, 0.2) is 5.96 Å². The molecule has 2 N–H and O–H groups in total. The highest BCUT2D eigenvalue weighted by Gasteiger charge is 2.45. The molecule has 24 heavy (non-hydrogen) atoms. The highest BCUT2D eigenvalue weighted by Crippen LogP contribution is 2.46. The Morgan fingerprint density at radius 2 is 1.96 bits per heavy atom. The Labute approximate surface area is 164 Å². The molecule has 0 aromatic carbocycles. The Morgan fingerprint density at radius 3 is 2.50 bits per heavy atom. The predicted molar refractivity (Wildman–Crippen MR) is 112 cm³/mol. The first-order chi connectivity index (χ1) is 10.8. The number of hydrogen-bond acceptors (Lipinski definition) is 3. The van der Waals surface area contributed by atoms with Crippen molar-refractivity contribution in [1.29, 1.82) is 0 Å². The Balaban J connectivity index is 0.00000288. The first-order valence-corrected chi connectivity index (χ1v) is 11.0. The molecule has 2 saturated carbocycles. The largest absolute Gasteiger partial charge is 0.356 e. The normalized spacial score (nSPS) is 26.4. The van der Waals surface area contributed by atoms with Gasteiger partial charge in [-0.15, -0.1) is 24.0 Å². The fourth-order valence-electron chi connectivity index (χ4n) is 3.81. The van der Waals surface area contributed by atoms with Crippen molar-refractivity contribution in [3.8, 4) is 0 Å². The summed E-state index contributed by atoms with van der Waals surface area (Å²) < 4.78 is 23.0. The van der Waals surface area contributed by atoms with Gasteiger partial charge in [-0.1, -0.05) is 26.2 Å². The second-order valence-corrected chi connectivity index (χ2v) is 9.99. The van der Waals surface area contributed by atoms with E-state index < -0.39 is 9.84 Å². The summed E-state index contributed by atoms with van der Waals surface area (Å²) in [5.74, 6) is 2.79. The van der Waals surface area contributed by atoms with Crippen molar-refractivity contribution in [3.05, 3.63) is 0 Å². The quantitative estimate of drug-likeness (QED) is 0.341. The van der Waals surface area contributed by atoms with Crippen molar-refractivity contribution < 1.29 is 8.42 Å². The first kappa shape index (κ1) is 22.0. The Morgan fingerprint density at radius 1 is 1.25 bits per heavy atom. The van der Waals surface area contributed by atoms with Crippen LogP contribution in [0, 0.1) is 17.3 Å². The molecule has 142 valence electrons. The van der Waals surface area contributed by atoms with E-state index >= 15 is 0 Å². The monoisotopic (exact) mass is 471 g/mol. The van der Waals surface area contributed by atoms with E-state index in [1.165, 1.54) is 38.4 Å². The number of hydrogen-bond donors (Lipinski definition) is 2. The Kier molecular flexibility index (Phi) is 8.79. The summed E-state index contributed by atoms with van der Waals surface area (Å²) in [6.07, 6.45) is 9.96. The van der Waals surface area contributed by atoms with Gasteiger partial charge < -0.3 is 10.6 Å². The molecule has 0 bridgehead atoms. The topological polar surface area (TPSA) is 70.6 Å². The first-order valence-electron chi connectivity index (χ1n) is 8.94. The third kappa shape index (κ3) is 7.89. The molecule has 2 atom stereocenters. The Hall–Kier alpha value is -0.0500. The lowest BCUT2D eigenvalue weighted by atomic mass is 9.81. The summed E-state index contributed by atoms with van der Waals surface area (Å²) >= 11 is 0. The fraction of sp³-hybridized carbons (Fsp3) is 0.941. The van der Waals surface area contributed by atoms with Crippen LogP contribution in [0.25, 0.3) is 0 Å². The summed E-state index contributed by atoms with van der Waals surface area (Å²) in [6, 6.07) is 0. The van der Waals surface area contributed by atoms with E-state index in [1.807, 2.05) is 0 Å². The van der Waals surface area contributed by atoms with Gasteiger partial charge in [-0.3, -0.25) is 4.99 Å². The zero-order valence-electron chi connectivity index (χ0n) is 15.3. The number of aliphatic imine (C=N–C) groups is 1. The molecule has 2 rings (SSSR count). The summed E-state index contributed by atoms with van der Waals surface area (Å²) in [7, 11) is -1.14. The van der Waals surface area contributed by atoms with Crippen molar-refractivity contribution in [3.63, 3.8) is 0 Å². The van der Waals surface area contributed by atoms with Crippen LogP contribution in [0.2, 0.25) is 0 Å². The van der Waals surface area contributed by atoms with E-state index in [2.05, 4.69) is 22.5 Å². The summed E-state index contributed by atoms with van der Waals surface area (Å²) in [4.78, 5) is 4.26. The van der Waals surface area contributed by atoms with Crippen LogP contribution in [0.1, 0.15) is 51.9 Å². The predicted octanol–water partition coefficient (Wildman–Crippen LogP) is 2.81. The van der Waals surface area contributed by atoms with Crippen LogP contribution in [-0.4, -0.2) is 46.5 Å². The summed E-state index contributed by atoms with van der Waals surface area (Å²) in [5, 5.41) is 6.70. The third-order valence-electron chi connectivity index (χ3n) is 5.27. The fourth-order valence-corrected chi connectivity index (χ4v) is 5.32. The second-order valence-electron chi connectivity index (χ2n) is 7.85. The lowest BCUT2D eigenvalue weighted by molar-refractivity contribution is 0.270. The molecule has 7 heteroatoms. The van der Waals surface area contributed by atoms with E-state index in [0.717, 1.165) is 37.2 Å². The molecule has 2 unspecified atom stereocenters. The van der Waals surface area contributed by atoms with Crippen molar-refractivity contribution >= 4 is 39.8 Å². The highest BCUT2D eigenvalue weighted by molar-refractivity contribution is 14.0. The molecule has 0 amide bonds. The molecule has 5 nitrogen and oxygen atoms in total. The molecular weight excluding hydrogens is 437 g/mol. The molecule has 2 fully saturated rings. The van der Waals surface area contributed by atoms with Gasteiger partial charge in [0.2, 0.25) is 0 Å². The van der Waals surface area contributed by atoms with E-state index in [1.54, 1.807) is 7.05 Å². The lowest BCUT2D eigenvalue weighted by Gasteiger charge is -2.27. The van der Waals surface area contributed by atoms with Crippen molar-refractivity contribution in [2.75, 3.05) is 32.1 Å². The van der Waals surface area contributed by atoms with Gasteiger partial charge in [0.05, 0.1) is 5.75 Å². The Bertz CT molecular complexity index is 518. The minimum absolute atomic E-state index is 0. The van der Waals surface area contributed by atoms with Crippen LogP contribution in [0.3, 0.4) is 0 Å². The molecule has 0 aliphatic heterocycles. The number of nitrogens with one attached hydrogen (secondary N) is 2. The van der Waals surface area contributed by atoms with E-state index in [9.17, 15) is 8.42 Å². The molecule has 0 saturated heterocycles. The molecule has 0 spiro atoms. The number of nitrogens with zero attached hydrogens (tertiary/aromatic N) is 1. The number of guanidine groups is 1. The molecule has 2 aliphatic rings.